The fourth-order valence-electron chi connectivity index (χ4n) is 2.34. The van der Waals surface area contributed by atoms with Crippen LogP contribution in [0, 0.1) is 0 Å². The Balaban J connectivity index is 1.41. The number of carbonyl (C=O) groups excluding carboxylic acids is 1. The SMILES string of the molecule is O=C(Cc1c[nH]c2ccccc12)NCCSCc1cccs1. The molecule has 22 heavy (non-hydrogen) atoms. The Kier molecular flexibility index (Phi) is 5.19. The van der Waals surface area contributed by atoms with Crippen LogP contribution >= 0.6 is 23.1 Å². The van der Waals surface area contributed by atoms with Gasteiger partial charge in [0.2, 0.25) is 5.91 Å². The first-order valence-electron chi connectivity index (χ1n) is 7.25. The lowest BCUT2D eigenvalue weighted by Crippen LogP contribution is -2.27. The molecule has 0 bridgehead atoms. The average molecular weight is 330 g/mol. The molecule has 0 aliphatic heterocycles. The molecular weight excluding hydrogens is 312 g/mol. The van der Waals surface area contributed by atoms with Crippen molar-refractivity contribution in [2.75, 3.05) is 12.3 Å². The predicted octanol–water partition coefficient (Wildman–Crippen LogP) is 3.82. The number of hydrogen-bond acceptors (Lipinski definition) is 3. The molecule has 114 valence electrons. The number of aromatic nitrogens is 1. The predicted molar refractivity (Wildman–Crippen MR) is 95.5 cm³/mol. The van der Waals surface area contributed by atoms with Gasteiger partial charge in [-0.3, -0.25) is 4.79 Å². The first-order chi connectivity index (χ1) is 10.8. The molecule has 0 saturated heterocycles. The van der Waals surface area contributed by atoms with E-state index in [-0.39, 0.29) is 5.91 Å². The van der Waals surface area contributed by atoms with Crippen molar-refractivity contribution in [1.29, 1.82) is 0 Å². The van der Waals surface area contributed by atoms with E-state index in [2.05, 4.69) is 27.8 Å². The highest BCUT2D eigenvalue weighted by Gasteiger charge is 2.07. The molecule has 3 aromatic rings. The molecule has 1 amide bonds. The van der Waals surface area contributed by atoms with Crippen molar-refractivity contribution in [2.45, 2.75) is 12.2 Å². The summed E-state index contributed by atoms with van der Waals surface area (Å²) in [5.41, 5.74) is 2.14. The van der Waals surface area contributed by atoms with Crippen LogP contribution in [0.15, 0.2) is 48.0 Å². The molecule has 2 aromatic heterocycles. The minimum Gasteiger partial charge on any atom is -0.361 e. The third-order valence-corrected chi connectivity index (χ3v) is 5.49. The summed E-state index contributed by atoms with van der Waals surface area (Å²) in [5, 5.41) is 6.22. The van der Waals surface area contributed by atoms with E-state index in [1.165, 1.54) is 4.88 Å². The number of hydrogen-bond donors (Lipinski definition) is 2. The highest BCUT2D eigenvalue weighted by Crippen LogP contribution is 2.18. The van der Waals surface area contributed by atoms with E-state index in [0.29, 0.717) is 6.42 Å². The second kappa shape index (κ2) is 7.51. The van der Waals surface area contributed by atoms with Crippen LogP contribution in [0.1, 0.15) is 10.4 Å². The zero-order chi connectivity index (χ0) is 15.2. The van der Waals surface area contributed by atoms with E-state index in [9.17, 15) is 4.79 Å². The number of amides is 1. The zero-order valence-corrected chi connectivity index (χ0v) is 13.8. The molecule has 3 nitrogen and oxygen atoms in total. The standard InChI is InChI=1S/C17H18N2OS2/c20-17(18-7-9-21-12-14-4-3-8-22-14)10-13-11-19-16-6-2-1-5-15(13)16/h1-6,8,11,19H,7,9-10,12H2,(H,18,20). The lowest BCUT2D eigenvalue weighted by molar-refractivity contribution is -0.120. The second-order valence-corrected chi connectivity index (χ2v) is 7.16. The van der Waals surface area contributed by atoms with Crippen molar-refractivity contribution in [3.63, 3.8) is 0 Å². The van der Waals surface area contributed by atoms with Crippen LogP contribution in [-0.4, -0.2) is 23.2 Å². The van der Waals surface area contributed by atoms with Crippen LogP contribution < -0.4 is 5.32 Å². The summed E-state index contributed by atoms with van der Waals surface area (Å²) >= 11 is 3.63. The maximum absolute atomic E-state index is 12.0. The van der Waals surface area contributed by atoms with Gasteiger partial charge < -0.3 is 10.3 Å². The number of thioether (sulfide) groups is 1. The van der Waals surface area contributed by atoms with Gasteiger partial charge in [-0.2, -0.15) is 11.8 Å². The van der Waals surface area contributed by atoms with Gasteiger partial charge in [0, 0.05) is 40.0 Å². The molecule has 2 heterocycles. The number of carbonyl (C=O) groups is 1. The van der Waals surface area contributed by atoms with Crippen molar-refractivity contribution in [1.82, 2.24) is 10.3 Å². The summed E-state index contributed by atoms with van der Waals surface area (Å²) in [5.74, 6) is 2.05. The molecule has 2 N–H and O–H groups in total. The monoisotopic (exact) mass is 330 g/mol. The Morgan fingerprint density at radius 3 is 3.00 bits per heavy atom. The fourth-order valence-corrected chi connectivity index (χ4v) is 4.04. The third-order valence-electron chi connectivity index (χ3n) is 3.42. The van der Waals surface area contributed by atoms with E-state index < -0.39 is 0 Å². The number of H-pyrrole nitrogens is 1. The fraction of sp³-hybridized carbons (Fsp3) is 0.235. The van der Waals surface area contributed by atoms with Crippen molar-refractivity contribution in [3.8, 4) is 0 Å². The van der Waals surface area contributed by atoms with Gasteiger partial charge in [0.05, 0.1) is 6.42 Å². The van der Waals surface area contributed by atoms with Crippen LogP contribution in [-0.2, 0) is 17.0 Å². The van der Waals surface area contributed by atoms with Crippen LogP contribution in [0.2, 0.25) is 0 Å². The number of nitrogens with one attached hydrogen (secondary N) is 2. The molecule has 0 unspecified atom stereocenters. The molecule has 0 atom stereocenters. The van der Waals surface area contributed by atoms with E-state index in [4.69, 9.17) is 0 Å². The summed E-state index contributed by atoms with van der Waals surface area (Å²) in [6, 6.07) is 12.3. The van der Waals surface area contributed by atoms with Gasteiger partial charge in [0.25, 0.3) is 0 Å². The largest absolute Gasteiger partial charge is 0.361 e. The first kappa shape index (κ1) is 15.2. The number of fused-ring (bicyclic) bond motifs is 1. The Morgan fingerprint density at radius 1 is 1.23 bits per heavy atom. The Bertz CT molecular complexity index is 734. The topological polar surface area (TPSA) is 44.9 Å². The van der Waals surface area contributed by atoms with Gasteiger partial charge in [-0.25, -0.2) is 0 Å². The summed E-state index contributed by atoms with van der Waals surface area (Å²) in [4.78, 5) is 16.6. The lowest BCUT2D eigenvalue weighted by atomic mass is 10.1. The first-order valence-corrected chi connectivity index (χ1v) is 9.28. The quantitative estimate of drug-likeness (QED) is 0.647. The van der Waals surface area contributed by atoms with Crippen molar-refractivity contribution >= 4 is 39.9 Å². The highest BCUT2D eigenvalue weighted by molar-refractivity contribution is 7.98. The Labute approximate surface area is 138 Å². The molecule has 0 aliphatic rings. The van der Waals surface area contributed by atoms with Crippen molar-refractivity contribution in [3.05, 3.63) is 58.4 Å². The minimum atomic E-state index is 0.0847. The van der Waals surface area contributed by atoms with Crippen molar-refractivity contribution in [2.24, 2.45) is 0 Å². The summed E-state index contributed by atoms with van der Waals surface area (Å²) in [6.07, 6.45) is 2.36. The van der Waals surface area contributed by atoms with Crippen molar-refractivity contribution < 1.29 is 4.79 Å². The highest BCUT2D eigenvalue weighted by atomic mass is 32.2. The Morgan fingerprint density at radius 2 is 2.14 bits per heavy atom. The van der Waals surface area contributed by atoms with Crippen LogP contribution in [0.5, 0.6) is 0 Å². The van der Waals surface area contributed by atoms with E-state index in [1.54, 1.807) is 11.3 Å². The maximum atomic E-state index is 12.0. The van der Waals surface area contributed by atoms with E-state index in [1.807, 2.05) is 42.2 Å². The Hall–Kier alpha value is -1.72. The van der Waals surface area contributed by atoms with E-state index >= 15 is 0 Å². The normalized spacial score (nSPS) is 10.9. The van der Waals surface area contributed by atoms with Crippen LogP contribution in [0.4, 0.5) is 0 Å². The maximum Gasteiger partial charge on any atom is 0.224 e. The van der Waals surface area contributed by atoms with Gasteiger partial charge >= 0.3 is 0 Å². The molecule has 0 saturated carbocycles. The number of benzene rings is 1. The molecule has 0 fully saturated rings. The van der Waals surface area contributed by atoms with Crippen LogP contribution in [0.3, 0.4) is 0 Å². The molecule has 5 heteroatoms. The molecular formula is C17H18N2OS2. The molecule has 0 aliphatic carbocycles. The average Bonchev–Trinajstić information content (AvgIpc) is 3.17. The number of thiophene rings is 1. The van der Waals surface area contributed by atoms with E-state index in [0.717, 1.165) is 34.5 Å². The lowest BCUT2D eigenvalue weighted by Gasteiger charge is -2.04. The molecule has 0 spiro atoms. The van der Waals surface area contributed by atoms with Gasteiger partial charge in [-0.1, -0.05) is 24.3 Å². The summed E-state index contributed by atoms with van der Waals surface area (Å²) in [7, 11) is 0. The second-order valence-electron chi connectivity index (χ2n) is 5.02. The minimum absolute atomic E-state index is 0.0847. The van der Waals surface area contributed by atoms with Gasteiger partial charge in [-0.15, -0.1) is 11.3 Å². The molecule has 1 aromatic carbocycles. The third kappa shape index (κ3) is 3.93. The summed E-state index contributed by atoms with van der Waals surface area (Å²) < 4.78 is 0. The van der Waals surface area contributed by atoms with Crippen LogP contribution in [0.25, 0.3) is 10.9 Å². The van der Waals surface area contributed by atoms with Gasteiger partial charge in [0.1, 0.15) is 0 Å². The zero-order valence-electron chi connectivity index (χ0n) is 12.2. The number of rotatable bonds is 7. The number of para-hydroxylation sites is 1. The smallest absolute Gasteiger partial charge is 0.224 e. The van der Waals surface area contributed by atoms with Gasteiger partial charge in [-0.05, 0) is 23.1 Å². The van der Waals surface area contributed by atoms with Gasteiger partial charge in [0.15, 0.2) is 0 Å². The summed E-state index contributed by atoms with van der Waals surface area (Å²) in [6.45, 7) is 0.719. The molecule has 3 rings (SSSR count). The molecule has 0 radical (unpaired) electrons. The number of aromatic amines is 1.